The largest absolute Gasteiger partial charge is 0.302 e. The van der Waals surface area contributed by atoms with E-state index < -0.39 is 10.0 Å². The van der Waals surface area contributed by atoms with Crippen molar-refractivity contribution in [2.75, 3.05) is 52.9 Å². The fraction of sp³-hybridized carbons (Fsp3) is 0.393. The first-order chi connectivity index (χ1) is 17.4. The number of halogens is 4. The molecule has 216 valence electrons. The number of pyridine rings is 1. The number of fused-ring (bicyclic) bond motifs is 1. The van der Waals surface area contributed by atoms with Gasteiger partial charge in [-0.25, -0.2) is 8.42 Å². The van der Waals surface area contributed by atoms with Crippen molar-refractivity contribution in [3.63, 3.8) is 0 Å². The Hall–Kier alpha value is -1.42. The Kier molecular flexibility index (Phi) is 15.9. The number of likely N-dealkylation sites (N-methyl/N-ethyl adjacent to an activating group) is 1. The zero-order valence-corrected chi connectivity index (χ0v) is 26.1. The van der Waals surface area contributed by atoms with Gasteiger partial charge in [-0.2, -0.15) is 4.31 Å². The molecule has 39 heavy (non-hydrogen) atoms. The van der Waals surface area contributed by atoms with Crippen molar-refractivity contribution in [2.45, 2.75) is 24.2 Å². The van der Waals surface area contributed by atoms with E-state index in [1.54, 1.807) is 34.9 Å². The molecule has 0 bridgehead atoms. The third kappa shape index (κ3) is 10.2. The molecule has 4 rings (SSSR count). The molecular weight excluding hydrogens is 598 g/mol. The minimum atomic E-state index is -3.67. The van der Waals surface area contributed by atoms with Crippen molar-refractivity contribution in [2.24, 2.45) is 0 Å². The van der Waals surface area contributed by atoms with Gasteiger partial charge in [0.1, 0.15) is 0 Å². The summed E-state index contributed by atoms with van der Waals surface area (Å²) in [6, 6.07) is 14.9. The van der Waals surface area contributed by atoms with Gasteiger partial charge in [0, 0.05) is 60.9 Å². The van der Waals surface area contributed by atoms with E-state index in [1.807, 2.05) is 37.4 Å². The summed E-state index contributed by atoms with van der Waals surface area (Å²) in [5.41, 5.74) is 1.09. The minimum Gasteiger partial charge on any atom is -0.302 e. The SMILES string of the molecule is CN(CC=Cc1ccc(Cl)cc1)CCN(CCN1CCCCC1)S(=O)(=O)c1cccc2cnccc12.Cl.Cl.Cl. The molecule has 3 aromatic rings. The average Bonchev–Trinajstić information content (AvgIpc) is 2.90. The number of hydrogen-bond donors (Lipinski definition) is 0. The first kappa shape index (κ1) is 35.6. The molecule has 1 fully saturated rings. The van der Waals surface area contributed by atoms with E-state index in [0.29, 0.717) is 24.5 Å². The number of piperidine rings is 1. The lowest BCUT2D eigenvalue weighted by Gasteiger charge is -2.30. The smallest absolute Gasteiger partial charge is 0.243 e. The highest BCUT2D eigenvalue weighted by atomic mass is 35.5. The van der Waals surface area contributed by atoms with Crippen LogP contribution in [0.25, 0.3) is 16.8 Å². The van der Waals surface area contributed by atoms with Crippen LogP contribution in [0.5, 0.6) is 0 Å². The van der Waals surface area contributed by atoms with Gasteiger partial charge < -0.3 is 9.80 Å². The van der Waals surface area contributed by atoms with Gasteiger partial charge in [0.25, 0.3) is 0 Å². The fourth-order valence-electron chi connectivity index (χ4n) is 4.56. The summed E-state index contributed by atoms with van der Waals surface area (Å²) in [6.45, 7) is 5.12. The van der Waals surface area contributed by atoms with Crippen molar-refractivity contribution in [1.29, 1.82) is 0 Å². The molecule has 1 saturated heterocycles. The third-order valence-corrected chi connectivity index (χ3v) is 8.91. The minimum absolute atomic E-state index is 0. The molecule has 0 atom stereocenters. The number of benzene rings is 2. The second-order valence-electron chi connectivity index (χ2n) is 9.38. The zero-order valence-electron chi connectivity index (χ0n) is 22.1. The summed E-state index contributed by atoms with van der Waals surface area (Å²) < 4.78 is 29.5. The zero-order chi connectivity index (χ0) is 25.4. The van der Waals surface area contributed by atoms with Crippen molar-refractivity contribution < 1.29 is 8.42 Å². The Labute approximate surface area is 256 Å². The van der Waals surface area contributed by atoms with Crippen LogP contribution in [-0.2, 0) is 10.0 Å². The molecule has 0 N–H and O–H groups in total. The van der Waals surface area contributed by atoms with Gasteiger partial charge in [-0.1, -0.05) is 54.4 Å². The van der Waals surface area contributed by atoms with Gasteiger partial charge in [-0.3, -0.25) is 4.98 Å². The Bertz CT molecular complexity index is 1260. The maximum absolute atomic E-state index is 13.9. The Morgan fingerprint density at radius 2 is 1.67 bits per heavy atom. The molecule has 6 nitrogen and oxygen atoms in total. The second-order valence-corrected chi connectivity index (χ2v) is 11.7. The van der Waals surface area contributed by atoms with Gasteiger partial charge >= 0.3 is 0 Å². The van der Waals surface area contributed by atoms with E-state index in [2.05, 4.69) is 26.9 Å². The van der Waals surface area contributed by atoms with E-state index in [-0.39, 0.29) is 37.2 Å². The van der Waals surface area contributed by atoms with Crippen molar-refractivity contribution in [3.8, 4) is 0 Å². The molecule has 11 heteroatoms. The standard InChI is InChI=1S/C28H35ClN4O2S.3ClH/c1-31(16-6-7-24-10-12-26(29)13-11-24)19-21-33(22-20-32-17-3-2-4-18-32)36(34,35)28-9-5-8-25-23-30-15-14-27(25)28;;;/h5-15,23H,2-4,16-22H2,1H3;3*1H. The van der Waals surface area contributed by atoms with Gasteiger partial charge in [0.2, 0.25) is 10.0 Å². The van der Waals surface area contributed by atoms with E-state index in [9.17, 15) is 8.42 Å². The normalized spacial score (nSPS) is 14.3. The van der Waals surface area contributed by atoms with Crippen LogP contribution >= 0.6 is 48.8 Å². The molecule has 1 aliphatic rings. The molecule has 2 aromatic carbocycles. The van der Waals surface area contributed by atoms with E-state index in [4.69, 9.17) is 11.6 Å². The topological polar surface area (TPSA) is 56.8 Å². The van der Waals surface area contributed by atoms with Crippen molar-refractivity contribution in [3.05, 3.63) is 77.6 Å². The first-order valence-corrected chi connectivity index (χ1v) is 14.4. The van der Waals surface area contributed by atoms with E-state index >= 15 is 0 Å². The Morgan fingerprint density at radius 3 is 2.38 bits per heavy atom. The molecule has 1 aromatic heterocycles. The lowest BCUT2D eigenvalue weighted by molar-refractivity contribution is 0.208. The number of rotatable bonds is 11. The number of hydrogen-bond acceptors (Lipinski definition) is 5. The van der Waals surface area contributed by atoms with Crippen LogP contribution in [-0.4, -0.2) is 80.4 Å². The Morgan fingerprint density at radius 1 is 0.949 bits per heavy atom. The Balaban J connectivity index is 0.00000253. The van der Waals surface area contributed by atoms with E-state index in [1.165, 1.54) is 19.3 Å². The van der Waals surface area contributed by atoms with Crippen LogP contribution in [0, 0.1) is 0 Å². The molecule has 1 aliphatic heterocycles. The summed E-state index contributed by atoms with van der Waals surface area (Å²) in [4.78, 5) is 9.04. The molecule has 0 spiro atoms. The fourth-order valence-corrected chi connectivity index (χ4v) is 6.32. The second kappa shape index (κ2) is 17.4. The number of nitrogens with zero attached hydrogens (tertiary/aromatic N) is 4. The lowest BCUT2D eigenvalue weighted by atomic mass is 10.1. The summed E-state index contributed by atoms with van der Waals surface area (Å²) >= 11 is 5.96. The number of aromatic nitrogens is 1. The summed E-state index contributed by atoms with van der Waals surface area (Å²) in [5, 5.41) is 2.27. The quantitative estimate of drug-likeness (QED) is 0.248. The van der Waals surface area contributed by atoms with Crippen LogP contribution in [0.15, 0.2) is 71.9 Å². The van der Waals surface area contributed by atoms with Crippen LogP contribution in [0.3, 0.4) is 0 Å². The van der Waals surface area contributed by atoms with Gasteiger partial charge in [0.05, 0.1) is 4.90 Å². The molecule has 0 unspecified atom stereocenters. The molecule has 0 saturated carbocycles. The average molecular weight is 637 g/mol. The van der Waals surface area contributed by atoms with Crippen molar-refractivity contribution in [1.82, 2.24) is 19.1 Å². The van der Waals surface area contributed by atoms with Gasteiger partial charge in [-0.05, 0) is 62.8 Å². The van der Waals surface area contributed by atoms with Crippen LogP contribution < -0.4 is 0 Å². The highest BCUT2D eigenvalue weighted by molar-refractivity contribution is 7.89. The first-order valence-electron chi connectivity index (χ1n) is 12.6. The predicted octanol–water partition coefficient (Wildman–Crippen LogP) is 6.28. The molecule has 2 heterocycles. The van der Waals surface area contributed by atoms with E-state index in [0.717, 1.165) is 47.5 Å². The molecule has 0 radical (unpaired) electrons. The maximum Gasteiger partial charge on any atom is 0.243 e. The monoisotopic (exact) mass is 634 g/mol. The highest BCUT2D eigenvalue weighted by Gasteiger charge is 2.27. The number of likely N-dealkylation sites (tertiary alicyclic amines) is 1. The third-order valence-electron chi connectivity index (χ3n) is 6.70. The molecule has 0 aliphatic carbocycles. The van der Waals surface area contributed by atoms with Gasteiger partial charge in [-0.15, -0.1) is 37.2 Å². The summed E-state index contributed by atoms with van der Waals surface area (Å²) in [6.07, 6.45) is 11.2. The maximum atomic E-state index is 13.9. The lowest BCUT2D eigenvalue weighted by Crippen LogP contribution is -2.43. The predicted molar refractivity (Wildman–Crippen MR) is 171 cm³/mol. The number of sulfonamides is 1. The highest BCUT2D eigenvalue weighted by Crippen LogP contribution is 2.25. The molecule has 0 amide bonds. The van der Waals surface area contributed by atoms with Gasteiger partial charge in [0.15, 0.2) is 0 Å². The van der Waals surface area contributed by atoms with Crippen molar-refractivity contribution >= 4 is 75.7 Å². The van der Waals surface area contributed by atoms with Crippen LogP contribution in [0.4, 0.5) is 0 Å². The summed E-state index contributed by atoms with van der Waals surface area (Å²) in [7, 11) is -1.65. The molecular formula is C28H38Cl4N4O2S. The van der Waals surface area contributed by atoms with Crippen LogP contribution in [0.1, 0.15) is 24.8 Å². The van der Waals surface area contributed by atoms with Crippen LogP contribution in [0.2, 0.25) is 5.02 Å². The summed E-state index contributed by atoms with van der Waals surface area (Å²) in [5.74, 6) is 0.